The highest BCUT2D eigenvalue weighted by Gasteiger charge is 2.34. The van der Waals surface area contributed by atoms with E-state index in [9.17, 15) is 0 Å². The van der Waals surface area contributed by atoms with Crippen LogP contribution in [0, 0.1) is 6.92 Å². The first-order chi connectivity index (χ1) is 25.8. The predicted octanol–water partition coefficient (Wildman–Crippen LogP) is 13.7. The van der Waals surface area contributed by atoms with E-state index >= 15 is 0 Å². The van der Waals surface area contributed by atoms with Gasteiger partial charge < -0.3 is 14.7 Å². The zero-order chi connectivity index (χ0) is 36.4. The lowest BCUT2D eigenvalue weighted by molar-refractivity contribution is 0.475. The van der Waals surface area contributed by atoms with Crippen molar-refractivity contribution < 1.29 is 0 Å². The van der Waals surface area contributed by atoms with E-state index in [0.29, 0.717) is 0 Å². The molecule has 8 aromatic carbocycles. The Hall–Kier alpha value is -5.80. The van der Waals surface area contributed by atoms with Crippen molar-refractivity contribution in [1.82, 2.24) is 0 Å². The van der Waals surface area contributed by atoms with Crippen LogP contribution in [0.5, 0.6) is 0 Å². The topological polar surface area (TPSA) is 9.72 Å². The predicted molar refractivity (Wildman–Crippen MR) is 229 cm³/mol. The molecule has 0 atom stereocenters. The molecule has 8 aromatic rings. The third kappa shape index (κ3) is 5.24. The van der Waals surface area contributed by atoms with E-state index in [4.69, 9.17) is 0 Å². The molecule has 1 aliphatic carbocycles. The fourth-order valence-corrected chi connectivity index (χ4v) is 9.01. The lowest BCUT2D eigenvalue weighted by atomic mass is 9.70. The third-order valence-corrected chi connectivity index (χ3v) is 11.7. The van der Waals surface area contributed by atoms with E-state index in [-0.39, 0.29) is 5.41 Å². The summed E-state index contributed by atoms with van der Waals surface area (Å²) in [5, 5.41) is 8.19. The largest absolute Gasteiger partial charge is 0.376 e. The van der Waals surface area contributed by atoms with Crippen molar-refractivity contribution in [3.63, 3.8) is 0 Å². The molecule has 0 aliphatic heterocycles. The molecular weight excluding hydrogens is 643 g/mol. The maximum absolute atomic E-state index is 2.58. The Morgan fingerprint density at radius 3 is 1.74 bits per heavy atom. The van der Waals surface area contributed by atoms with Crippen molar-refractivity contribution in [2.45, 2.75) is 52.4 Å². The van der Waals surface area contributed by atoms with Crippen LogP contribution in [-0.2, 0) is 18.3 Å². The first kappa shape index (κ1) is 33.1. The molecule has 53 heavy (non-hydrogen) atoms. The molecule has 0 radical (unpaired) electrons. The van der Waals surface area contributed by atoms with Gasteiger partial charge in [0.15, 0.2) is 0 Å². The molecule has 3 heteroatoms. The Balaban J connectivity index is 1.46. The van der Waals surface area contributed by atoms with E-state index in [0.717, 1.165) is 24.9 Å². The molecule has 9 rings (SSSR count). The second-order valence-corrected chi connectivity index (χ2v) is 15.6. The van der Waals surface area contributed by atoms with Gasteiger partial charge in [0.1, 0.15) is 0 Å². The third-order valence-electron chi connectivity index (χ3n) is 11.7. The number of rotatable bonds is 8. The second-order valence-electron chi connectivity index (χ2n) is 15.6. The maximum atomic E-state index is 2.58. The smallest absolute Gasteiger partial charge is 0.0695 e. The number of hydrogen-bond acceptors (Lipinski definition) is 3. The monoisotopic (exact) mass is 689 g/mol. The zero-order valence-electron chi connectivity index (χ0n) is 31.7. The van der Waals surface area contributed by atoms with E-state index in [1.54, 1.807) is 0 Å². The van der Waals surface area contributed by atoms with Gasteiger partial charge in [-0.15, -0.1) is 0 Å². The van der Waals surface area contributed by atoms with Crippen LogP contribution in [0.1, 0.15) is 49.4 Å². The van der Waals surface area contributed by atoms with Gasteiger partial charge in [-0.05, 0) is 131 Å². The molecule has 0 N–H and O–H groups in total. The zero-order valence-corrected chi connectivity index (χ0v) is 31.7. The van der Waals surface area contributed by atoms with Gasteiger partial charge in [-0.1, -0.05) is 99.6 Å². The van der Waals surface area contributed by atoms with Crippen molar-refractivity contribution in [2.24, 2.45) is 0 Å². The van der Waals surface area contributed by atoms with Crippen molar-refractivity contribution in [3.8, 4) is 0 Å². The summed E-state index contributed by atoms with van der Waals surface area (Å²) in [7, 11) is 4.29. The van der Waals surface area contributed by atoms with Gasteiger partial charge in [0.05, 0.1) is 22.7 Å². The summed E-state index contributed by atoms with van der Waals surface area (Å²) in [6.07, 6.45) is 3.10. The van der Waals surface area contributed by atoms with Gasteiger partial charge >= 0.3 is 0 Å². The molecule has 0 unspecified atom stereocenters. The molecule has 0 saturated heterocycles. The van der Waals surface area contributed by atoms with Gasteiger partial charge in [0.2, 0.25) is 0 Å². The highest BCUT2D eigenvalue weighted by Crippen LogP contribution is 2.54. The molecule has 0 heterocycles. The average Bonchev–Trinajstić information content (AvgIpc) is 3.18. The van der Waals surface area contributed by atoms with Crippen molar-refractivity contribution in [3.05, 3.63) is 162 Å². The average molecular weight is 690 g/mol. The molecule has 262 valence electrons. The van der Waals surface area contributed by atoms with Crippen LogP contribution in [0.2, 0.25) is 0 Å². The second kappa shape index (κ2) is 12.7. The Bertz CT molecular complexity index is 2620. The SMILES string of the molecule is CCc1cc(N(c2ccccc2)c2ccccc2N(C)C)c2cc3c4c(cc(N(c5ccccc5)c5ccccc5C)c5ccc1c2c54)CCC3(C)C. The lowest BCUT2D eigenvalue weighted by Crippen LogP contribution is -2.24. The molecule has 0 saturated carbocycles. The summed E-state index contributed by atoms with van der Waals surface area (Å²) in [5.41, 5.74) is 13.9. The molecule has 0 bridgehead atoms. The number of nitrogens with zero attached hydrogens (tertiary/aromatic N) is 3. The lowest BCUT2D eigenvalue weighted by Gasteiger charge is -2.37. The summed E-state index contributed by atoms with van der Waals surface area (Å²) in [6, 6.07) is 51.9. The Morgan fingerprint density at radius 1 is 0.528 bits per heavy atom. The molecule has 0 fully saturated rings. The summed E-state index contributed by atoms with van der Waals surface area (Å²) < 4.78 is 0. The van der Waals surface area contributed by atoms with E-state index in [2.05, 4.69) is 196 Å². The van der Waals surface area contributed by atoms with Crippen LogP contribution in [0.15, 0.2) is 140 Å². The van der Waals surface area contributed by atoms with Crippen molar-refractivity contribution in [2.75, 3.05) is 28.8 Å². The van der Waals surface area contributed by atoms with Crippen LogP contribution >= 0.6 is 0 Å². The molecule has 0 spiro atoms. The minimum Gasteiger partial charge on any atom is -0.376 e. The highest BCUT2D eigenvalue weighted by atomic mass is 15.2. The quantitative estimate of drug-likeness (QED) is 0.147. The first-order valence-corrected chi connectivity index (χ1v) is 19.1. The summed E-state index contributed by atoms with van der Waals surface area (Å²) in [6.45, 7) is 9.44. The van der Waals surface area contributed by atoms with Crippen LogP contribution in [-0.4, -0.2) is 14.1 Å². The molecule has 0 aromatic heterocycles. The number of anilines is 7. The highest BCUT2D eigenvalue weighted by molar-refractivity contribution is 6.30. The molecule has 1 aliphatic rings. The first-order valence-electron chi connectivity index (χ1n) is 19.1. The fourth-order valence-electron chi connectivity index (χ4n) is 9.01. The Kier molecular flexibility index (Phi) is 7.92. The summed E-state index contributed by atoms with van der Waals surface area (Å²) in [5.74, 6) is 0. The van der Waals surface area contributed by atoms with Crippen molar-refractivity contribution >= 4 is 72.1 Å². The summed E-state index contributed by atoms with van der Waals surface area (Å²) in [4.78, 5) is 7.24. The molecule has 0 amide bonds. The fraction of sp³-hybridized carbons (Fsp3) is 0.200. The van der Waals surface area contributed by atoms with Gasteiger partial charge in [0, 0.05) is 47.3 Å². The summed E-state index contributed by atoms with van der Waals surface area (Å²) >= 11 is 0. The number of hydrogen-bond donors (Lipinski definition) is 0. The minimum atomic E-state index is 0.0241. The minimum absolute atomic E-state index is 0.0241. The number of benzene rings is 8. The van der Waals surface area contributed by atoms with Crippen LogP contribution in [0.3, 0.4) is 0 Å². The molecule has 3 nitrogen and oxygen atoms in total. The molecular formula is C50H47N3. The Labute approximate surface area is 314 Å². The normalized spacial score (nSPS) is 13.5. The Morgan fingerprint density at radius 2 is 1.09 bits per heavy atom. The van der Waals surface area contributed by atoms with E-state index in [1.165, 1.54) is 88.7 Å². The number of para-hydroxylation sites is 5. The van der Waals surface area contributed by atoms with Gasteiger partial charge in [-0.2, -0.15) is 0 Å². The van der Waals surface area contributed by atoms with Crippen molar-refractivity contribution in [1.29, 1.82) is 0 Å². The maximum Gasteiger partial charge on any atom is 0.0695 e. The van der Waals surface area contributed by atoms with Gasteiger partial charge in [-0.25, -0.2) is 0 Å². The standard InChI is InChI=1S/C50H47N3/c1-7-34-30-46(53(37-21-12-9-13-22-37)44-25-17-16-24-43(44)51(5)6)40-32-41-47-35(28-29-50(41,3)4)31-45(39-27-26-38(34)48(40)49(39)47)52(36-19-10-8-11-20-36)42-23-15-14-18-33(42)2/h8-27,30-32H,7,28-29H2,1-6H3. The van der Waals surface area contributed by atoms with Gasteiger partial charge in [0.25, 0.3) is 0 Å². The van der Waals surface area contributed by atoms with E-state index in [1.807, 2.05) is 0 Å². The van der Waals surface area contributed by atoms with E-state index < -0.39 is 0 Å². The van der Waals surface area contributed by atoms with Crippen LogP contribution in [0.4, 0.5) is 39.8 Å². The van der Waals surface area contributed by atoms with Gasteiger partial charge in [-0.3, -0.25) is 0 Å². The van der Waals surface area contributed by atoms with Crippen LogP contribution < -0.4 is 14.7 Å². The number of aryl methyl sites for hydroxylation is 3. The van der Waals surface area contributed by atoms with Crippen LogP contribution in [0.25, 0.3) is 32.3 Å².